The SMILES string of the molecule is Cc1cscc1CN1C(=O)CN(C(C)C)C1=O. The predicted octanol–water partition coefficient (Wildman–Crippen LogP) is 2.23. The monoisotopic (exact) mass is 252 g/mol. The van der Waals surface area contributed by atoms with Crippen molar-refractivity contribution in [3.63, 3.8) is 0 Å². The number of amides is 3. The molecule has 3 amide bonds. The second kappa shape index (κ2) is 4.49. The molecule has 0 aromatic carbocycles. The summed E-state index contributed by atoms with van der Waals surface area (Å²) in [4.78, 5) is 26.8. The fourth-order valence-electron chi connectivity index (χ4n) is 1.84. The molecule has 17 heavy (non-hydrogen) atoms. The number of thiophene rings is 1. The summed E-state index contributed by atoms with van der Waals surface area (Å²) in [5.41, 5.74) is 2.20. The molecule has 4 nitrogen and oxygen atoms in total. The van der Waals surface area contributed by atoms with Crippen molar-refractivity contribution in [1.29, 1.82) is 0 Å². The Hall–Kier alpha value is -1.36. The van der Waals surface area contributed by atoms with Crippen LogP contribution in [0.25, 0.3) is 0 Å². The van der Waals surface area contributed by atoms with E-state index < -0.39 is 0 Å². The van der Waals surface area contributed by atoms with E-state index in [1.807, 2.05) is 31.5 Å². The zero-order valence-corrected chi connectivity index (χ0v) is 11.1. The van der Waals surface area contributed by atoms with E-state index in [2.05, 4.69) is 0 Å². The van der Waals surface area contributed by atoms with Crippen LogP contribution < -0.4 is 0 Å². The van der Waals surface area contributed by atoms with Gasteiger partial charge >= 0.3 is 6.03 Å². The lowest BCUT2D eigenvalue weighted by Crippen LogP contribution is -2.36. The molecular formula is C12H16N2O2S. The first kappa shape index (κ1) is 12.1. The number of imide groups is 1. The molecule has 0 saturated carbocycles. The van der Waals surface area contributed by atoms with Gasteiger partial charge in [-0.2, -0.15) is 11.3 Å². The highest BCUT2D eigenvalue weighted by Gasteiger charge is 2.37. The molecule has 92 valence electrons. The van der Waals surface area contributed by atoms with Gasteiger partial charge in [0, 0.05) is 6.04 Å². The van der Waals surface area contributed by atoms with Crippen LogP contribution in [-0.4, -0.2) is 34.3 Å². The van der Waals surface area contributed by atoms with Crippen molar-refractivity contribution < 1.29 is 9.59 Å². The summed E-state index contributed by atoms with van der Waals surface area (Å²) in [6, 6.07) is -0.101. The molecule has 1 aliphatic heterocycles. The molecule has 2 rings (SSSR count). The van der Waals surface area contributed by atoms with E-state index in [1.54, 1.807) is 16.2 Å². The smallest absolute Gasteiger partial charge is 0.313 e. The van der Waals surface area contributed by atoms with Crippen LogP contribution >= 0.6 is 11.3 Å². The Bertz CT molecular complexity index is 453. The van der Waals surface area contributed by atoms with Crippen LogP contribution in [0.1, 0.15) is 25.0 Å². The number of carbonyl (C=O) groups is 2. The molecule has 0 spiro atoms. The molecule has 1 aromatic rings. The van der Waals surface area contributed by atoms with E-state index in [9.17, 15) is 9.59 Å². The van der Waals surface area contributed by atoms with Gasteiger partial charge in [-0.3, -0.25) is 9.69 Å². The van der Waals surface area contributed by atoms with Crippen LogP contribution in [0.4, 0.5) is 4.79 Å². The van der Waals surface area contributed by atoms with Crippen LogP contribution in [0.2, 0.25) is 0 Å². The summed E-state index contributed by atoms with van der Waals surface area (Å²) in [7, 11) is 0. The van der Waals surface area contributed by atoms with Crippen molar-refractivity contribution in [3.05, 3.63) is 21.9 Å². The van der Waals surface area contributed by atoms with Crippen LogP contribution in [0, 0.1) is 6.92 Å². The highest BCUT2D eigenvalue weighted by molar-refractivity contribution is 7.08. The number of hydrogen-bond acceptors (Lipinski definition) is 3. The summed E-state index contributed by atoms with van der Waals surface area (Å²) >= 11 is 1.60. The Morgan fingerprint density at radius 1 is 1.35 bits per heavy atom. The van der Waals surface area contributed by atoms with E-state index >= 15 is 0 Å². The third-order valence-electron chi connectivity index (χ3n) is 3.00. The lowest BCUT2D eigenvalue weighted by atomic mass is 10.2. The number of rotatable bonds is 3. The molecule has 5 heteroatoms. The second-order valence-electron chi connectivity index (χ2n) is 4.56. The summed E-state index contributed by atoms with van der Waals surface area (Å²) < 4.78 is 0. The summed E-state index contributed by atoms with van der Waals surface area (Å²) in [6.07, 6.45) is 0. The van der Waals surface area contributed by atoms with E-state index in [-0.39, 0.29) is 24.5 Å². The fraction of sp³-hybridized carbons (Fsp3) is 0.500. The van der Waals surface area contributed by atoms with Gasteiger partial charge in [0.2, 0.25) is 0 Å². The van der Waals surface area contributed by atoms with E-state index in [0.717, 1.165) is 11.1 Å². The number of aryl methyl sites for hydroxylation is 1. The van der Waals surface area contributed by atoms with Crippen molar-refractivity contribution in [2.75, 3.05) is 6.54 Å². The zero-order chi connectivity index (χ0) is 12.6. The first-order valence-corrected chi connectivity index (χ1v) is 6.57. The molecule has 1 aliphatic rings. The van der Waals surface area contributed by atoms with Crippen molar-refractivity contribution in [2.45, 2.75) is 33.4 Å². The van der Waals surface area contributed by atoms with Crippen LogP contribution in [0.5, 0.6) is 0 Å². The molecule has 1 saturated heterocycles. The van der Waals surface area contributed by atoms with Gasteiger partial charge in [0.1, 0.15) is 6.54 Å². The van der Waals surface area contributed by atoms with Gasteiger partial charge in [-0.1, -0.05) is 0 Å². The Morgan fingerprint density at radius 3 is 2.53 bits per heavy atom. The van der Waals surface area contributed by atoms with Gasteiger partial charge in [-0.25, -0.2) is 4.79 Å². The van der Waals surface area contributed by atoms with E-state index in [0.29, 0.717) is 6.54 Å². The highest BCUT2D eigenvalue weighted by Crippen LogP contribution is 2.20. The first-order valence-electron chi connectivity index (χ1n) is 5.63. The van der Waals surface area contributed by atoms with Crippen LogP contribution in [0.15, 0.2) is 10.8 Å². The van der Waals surface area contributed by atoms with E-state index in [1.165, 1.54) is 4.90 Å². The van der Waals surface area contributed by atoms with Crippen LogP contribution in [-0.2, 0) is 11.3 Å². The van der Waals surface area contributed by atoms with Crippen molar-refractivity contribution in [3.8, 4) is 0 Å². The summed E-state index contributed by atoms with van der Waals surface area (Å²) in [6.45, 7) is 6.45. The largest absolute Gasteiger partial charge is 0.327 e. The molecule has 1 fully saturated rings. The minimum absolute atomic E-state index is 0.0695. The molecule has 0 unspecified atom stereocenters. The predicted molar refractivity (Wildman–Crippen MR) is 66.8 cm³/mol. The standard InChI is InChI=1S/C12H16N2O2S/c1-8(2)13-5-11(15)14(12(13)16)4-10-7-17-6-9(10)3/h6-8H,4-5H2,1-3H3. The molecule has 0 aliphatic carbocycles. The molecule has 1 aromatic heterocycles. The Morgan fingerprint density at radius 2 is 2.06 bits per heavy atom. The van der Waals surface area contributed by atoms with Gasteiger partial charge in [0.05, 0.1) is 6.54 Å². The number of hydrogen-bond donors (Lipinski definition) is 0. The molecule has 2 heterocycles. The van der Waals surface area contributed by atoms with Gasteiger partial charge in [-0.05, 0) is 42.7 Å². The molecular weight excluding hydrogens is 236 g/mol. The summed E-state index contributed by atoms with van der Waals surface area (Å²) in [5, 5.41) is 4.02. The highest BCUT2D eigenvalue weighted by atomic mass is 32.1. The van der Waals surface area contributed by atoms with Crippen molar-refractivity contribution in [1.82, 2.24) is 9.80 Å². The molecule has 0 bridgehead atoms. The topological polar surface area (TPSA) is 40.6 Å². The third kappa shape index (κ3) is 2.20. The minimum atomic E-state index is -0.171. The average Bonchev–Trinajstić information content (AvgIpc) is 2.77. The lowest BCUT2D eigenvalue weighted by molar-refractivity contribution is -0.125. The van der Waals surface area contributed by atoms with Gasteiger partial charge in [0.25, 0.3) is 5.91 Å². The maximum absolute atomic E-state index is 12.0. The Labute approximate surface area is 105 Å². The van der Waals surface area contributed by atoms with Crippen molar-refractivity contribution >= 4 is 23.3 Å². The minimum Gasteiger partial charge on any atom is -0.313 e. The number of urea groups is 1. The maximum atomic E-state index is 12.0. The number of nitrogens with zero attached hydrogens (tertiary/aromatic N) is 2. The Kier molecular flexibility index (Phi) is 3.19. The van der Waals surface area contributed by atoms with Gasteiger partial charge in [-0.15, -0.1) is 0 Å². The molecule has 0 atom stereocenters. The fourth-order valence-corrected chi connectivity index (χ4v) is 2.69. The van der Waals surface area contributed by atoms with Gasteiger partial charge in [0.15, 0.2) is 0 Å². The van der Waals surface area contributed by atoms with Crippen molar-refractivity contribution in [2.24, 2.45) is 0 Å². The zero-order valence-electron chi connectivity index (χ0n) is 10.3. The maximum Gasteiger partial charge on any atom is 0.327 e. The molecule has 0 radical (unpaired) electrons. The molecule has 0 N–H and O–H groups in total. The first-order chi connectivity index (χ1) is 8.00. The van der Waals surface area contributed by atoms with Gasteiger partial charge < -0.3 is 4.90 Å². The third-order valence-corrected chi connectivity index (χ3v) is 3.91. The van der Waals surface area contributed by atoms with E-state index in [4.69, 9.17) is 0 Å². The number of carbonyl (C=O) groups excluding carboxylic acids is 2. The Balaban J connectivity index is 2.15. The lowest BCUT2D eigenvalue weighted by Gasteiger charge is -2.20. The summed E-state index contributed by atoms with van der Waals surface area (Å²) in [5.74, 6) is -0.102. The normalized spacial score (nSPS) is 16.5. The van der Waals surface area contributed by atoms with Crippen LogP contribution in [0.3, 0.4) is 0 Å². The quantitative estimate of drug-likeness (QED) is 0.774. The second-order valence-corrected chi connectivity index (χ2v) is 5.31. The average molecular weight is 252 g/mol.